The van der Waals surface area contributed by atoms with Gasteiger partial charge in [0.15, 0.2) is 0 Å². The Kier molecular flexibility index (Phi) is 2.54. The molecule has 2 rings (SSSR count). The summed E-state index contributed by atoms with van der Waals surface area (Å²) in [5.74, 6) is -0.408. The van der Waals surface area contributed by atoms with E-state index >= 15 is 0 Å². The zero-order valence-electron chi connectivity index (χ0n) is 7.85. The molecule has 1 aliphatic rings. The van der Waals surface area contributed by atoms with Gasteiger partial charge in [0.1, 0.15) is 5.69 Å². The van der Waals surface area contributed by atoms with Crippen LogP contribution in [0, 0.1) is 5.92 Å². The van der Waals surface area contributed by atoms with Crippen LogP contribution in [0.5, 0.6) is 0 Å². The van der Waals surface area contributed by atoms with Crippen LogP contribution in [0.25, 0.3) is 0 Å². The van der Waals surface area contributed by atoms with Gasteiger partial charge in [-0.3, -0.25) is 0 Å². The van der Waals surface area contributed by atoms with Gasteiger partial charge in [0, 0.05) is 25.3 Å². The summed E-state index contributed by atoms with van der Waals surface area (Å²) in [6, 6.07) is 3.39. The summed E-state index contributed by atoms with van der Waals surface area (Å²) in [5.41, 5.74) is 0.358. The van der Waals surface area contributed by atoms with Crippen LogP contribution in [-0.4, -0.2) is 28.9 Å². The molecule has 0 spiro atoms. The average molecular weight is 195 g/mol. The second-order valence-corrected chi connectivity index (χ2v) is 3.58. The SMILES string of the molecule is O=C(O)c1cccn1CC1CCOC1. The third-order valence-electron chi connectivity index (χ3n) is 2.53. The molecule has 0 radical (unpaired) electrons. The number of aromatic carboxylic acids is 1. The molecule has 1 aromatic heterocycles. The molecule has 1 aliphatic heterocycles. The molecule has 1 N–H and O–H groups in total. The number of hydrogen-bond donors (Lipinski definition) is 1. The molecule has 4 heteroatoms. The van der Waals surface area contributed by atoms with E-state index in [0.717, 1.165) is 26.2 Å². The van der Waals surface area contributed by atoms with E-state index in [9.17, 15) is 4.79 Å². The van der Waals surface area contributed by atoms with Crippen LogP contribution in [0.2, 0.25) is 0 Å². The van der Waals surface area contributed by atoms with Gasteiger partial charge >= 0.3 is 5.97 Å². The average Bonchev–Trinajstić information content (AvgIpc) is 2.75. The summed E-state index contributed by atoms with van der Waals surface area (Å²) in [4.78, 5) is 10.8. The zero-order valence-corrected chi connectivity index (χ0v) is 7.85. The number of carboxylic acid groups (broad SMARTS) is 1. The third-order valence-corrected chi connectivity index (χ3v) is 2.53. The highest BCUT2D eigenvalue weighted by atomic mass is 16.5. The van der Waals surface area contributed by atoms with Gasteiger partial charge in [-0.1, -0.05) is 0 Å². The van der Waals surface area contributed by atoms with E-state index in [2.05, 4.69) is 0 Å². The van der Waals surface area contributed by atoms with E-state index in [0.29, 0.717) is 11.6 Å². The normalized spacial score (nSPS) is 21.3. The molecule has 14 heavy (non-hydrogen) atoms. The molecule has 0 aromatic carbocycles. The number of hydrogen-bond acceptors (Lipinski definition) is 2. The van der Waals surface area contributed by atoms with Crippen molar-refractivity contribution in [3.8, 4) is 0 Å². The molecule has 1 atom stereocenters. The van der Waals surface area contributed by atoms with Crippen molar-refractivity contribution in [2.75, 3.05) is 13.2 Å². The Morgan fingerprint density at radius 2 is 2.57 bits per heavy atom. The lowest BCUT2D eigenvalue weighted by molar-refractivity contribution is 0.0683. The highest BCUT2D eigenvalue weighted by Gasteiger charge is 2.18. The van der Waals surface area contributed by atoms with Crippen LogP contribution in [0.15, 0.2) is 18.3 Å². The van der Waals surface area contributed by atoms with Crippen molar-refractivity contribution in [1.82, 2.24) is 4.57 Å². The van der Waals surface area contributed by atoms with Gasteiger partial charge in [0.25, 0.3) is 0 Å². The van der Waals surface area contributed by atoms with E-state index in [1.807, 2.05) is 6.20 Å². The topological polar surface area (TPSA) is 51.5 Å². The lowest BCUT2D eigenvalue weighted by Gasteiger charge is -2.10. The van der Waals surface area contributed by atoms with Crippen molar-refractivity contribution in [1.29, 1.82) is 0 Å². The van der Waals surface area contributed by atoms with E-state index in [1.165, 1.54) is 0 Å². The minimum Gasteiger partial charge on any atom is -0.477 e. The first-order chi connectivity index (χ1) is 6.77. The molecule has 0 bridgehead atoms. The molecule has 1 aromatic rings. The lowest BCUT2D eigenvalue weighted by Crippen LogP contribution is -2.14. The Bertz CT molecular complexity index is 326. The molecular weight excluding hydrogens is 182 g/mol. The molecule has 0 saturated carbocycles. The van der Waals surface area contributed by atoms with Crippen LogP contribution in [0.1, 0.15) is 16.9 Å². The molecule has 2 heterocycles. The molecule has 0 aliphatic carbocycles. The van der Waals surface area contributed by atoms with Gasteiger partial charge in [-0.05, 0) is 18.6 Å². The summed E-state index contributed by atoms with van der Waals surface area (Å²) in [5, 5.41) is 8.88. The second kappa shape index (κ2) is 3.84. The van der Waals surface area contributed by atoms with Gasteiger partial charge in [-0.25, -0.2) is 4.79 Å². The summed E-state index contributed by atoms with van der Waals surface area (Å²) >= 11 is 0. The lowest BCUT2D eigenvalue weighted by atomic mass is 10.1. The Morgan fingerprint density at radius 1 is 1.71 bits per heavy atom. The second-order valence-electron chi connectivity index (χ2n) is 3.58. The molecule has 1 fully saturated rings. The largest absolute Gasteiger partial charge is 0.477 e. The predicted molar refractivity (Wildman–Crippen MR) is 50.3 cm³/mol. The van der Waals surface area contributed by atoms with Crippen LogP contribution in [0.3, 0.4) is 0 Å². The molecule has 4 nitrogen and oxygen atoms in total. The fraction of sp³-hybridized carbons (Fsp3) is 0.500. The quantitative estimate of drug-likeness (QED) is 0.789. The maximum absolute atomic E-state index is 10.8. The summed E-state index contributed by atoms with van der Waals surface area (Å²) in [6.07, 6.45) is 2.83. The van der Waals surface area contributed by atoms with Crippen molar-refractivity contribution in [3.63, 3.8) is 0 Å². The highest BCUT2D eigenvalue weighted by molar-refractivity contribution is 5.85. The number of carboxylic acids is 1. The maximum atomic E-state index is 10.8. The van der Waals surface area contributed by atoms with Crippen molar-refractivity contribution < 1.29 is 14.6 Å². The fourth-order valence-electron chi connectivity index (χ4n) is 1.77. The fourth-order valence-corrected chi connectivity index (χ4v) is 1.77. The molecule has 1 saturated heterocycles. The van der Waals surface area contributed by atoms with Crippen molar-refractivity contribution in [2.24, 2.45) is 5.92 Å². The van der Waals surface area contributed by atoms with Crippen LogP contribution in [-0.2, 0) is 11.3 Å². The van der Waals surface area contributed by atoms with Gasteiger partial charge in [-0.2, -0.15) is 0 Å². The summed E-state index contributed by atoms with van der Waals surface area (Å²) < 4.78 is 7.02. The van der Waals surface area contributed by atoms with E-state index < -0.39 is 5.97 Å². The Labute approximate surface area is 82.1 Å². The number of rotatable bonds is 3. The standard InChI is InChI=1S/C10H13NO3/c12-10(13)9-2-1-4-11(9)6-8-3-5-14-7-8/h1-2,4,8H,3,5-7H2,(H,12,13). The third kappa shape index (κ3) is 1.80. The first-order valence-electron chi connectivity index (χ1n) is 4.73. The predicted octanol–water partition coefficient (Wildman–Crippen LogP) is 1.22. The molecule has 0 amide bonds. The monoisotopic (exact) mass is 195 g/mol. The zero-order chi connectivity index (χ0) is 9.97. The van der Waals surface area contributed by atoms with Crippen molar-refractivity contribution in [2.45, 2.75) is 13.0 Å². The number of ether oxygens (including phenoxy) is 1. The van der Waals surface area contributed by atoms with E-state index in [-0.39, 0.29) is 0 Å². The maximum Gasteiger partial charge on any atom is 0.352 e. The van der Waals surface area contributed by atoms with E-state index in [4.69, 9.17) is 9.84 Å². The van der Waals surface area contributed by atoms with Gasteiger partial charge in [-0.15, -0.1) is 0 Å². The first kappa shape index (κ1) is 9.27. The minimum absolute atomic E-state index is 0.358. The van der Waals surface area contributed by atoms with Gasteiger partial charge in [0.05, 0.1) is 6.61 Å². The Hall–Kier alpha value is -1.29. The highest BCUT2D eigenvalue weighted by Crippen LogP contribution is 2.16. The smallest absolute Gasteiger partial charge is 0.352 e. The first-order valence-corrected chi connectivity index (χ1v) is 4.73. The van der Waals surface area contributed by atoms with Crippen molar-refractivity contribution in [3.05, 3.63) is 24.0 Å². The number of carbonyl (C=O) groups is 1. The minimum atomic E-state index is -0.867. The Balaban J connectivity index is 2.07. The summed E-state index contributed by atoms with van der Waals surface area (Å²) in [7, 11) is 0. The molecule has 1 unspecified atom stereocenters. The van der Waals surface area contributed by atoms with Crippen LogP contribution in [0.4, 0.5) is 0 Å². The van der Waals surface area contributed by atoms with Gasteiger partial charge in [0.2, 0.25) is 0 Å². The Morgan fingerprint density at radius 3 is 3.21 bits per heavy atom. The van der Waals surface area contributed by atoms with E-state index in [1.54, 1.807) is 16.7 Å². The molecular formula is C10H13NO3. The number of aromatic nitrogens is 1. The van der Waals surface area contributed by atoms with Crippen LogP contribution >= 0.6 is 0 Å². The van der Waals surface area contributed by atoms with Gasteiger partial charge < -0.3 is 14.4 Å². The van der Waals surface area contributed by atoms with Crippen LogP contribution < -0.4 is 0 Å². The summed E-state index contributed by atoms with van der Waals surface area (Å²) in [6.45, 7) is 2.29. The van der Waals surface area contributed by atoms with Crippen molar-refractivity contribution >= 4 is 5.97 Å². The number of nitrogens with zero attached hydrogens (tertiary/aromatic N) is 1. The molecule has 76 valence electrons.